The largest absolute Gasteiger partial charge is 0.390 e. The molecular weight excluding hydrogens is 238 g/mol. The van der Waals surface area contributed by atoms with Crippen molar-refractivity contribution >= 4 is 9.84 Å². The number of hydrogen-bond acceptors (Lipinski definition) is 4. The lowest BCUT2D eigenvalue weighted by Crippen LogP contribution is -2.45. The maximum atomic E-state index is 11.6. The summed E-state index contributed by atoms with van der Waals surface area (Å²) in [6.07, 6.45) is 4.43. The van der Waals surface area contributed by atoms with E-state index in [0.29, 0.717) is 0 Å². The van der Waals surface area contributed by atoms with E-state index in [4.69, 9.17) is 0 Å². The third-order valence-electron chi connectivity index (χ3n) is 4.14. The third-order valence-corrected chi connectivity index (χ3v) is 5.84. The molecule has 2 saturated carbocycles. The van der Waals surface area contributed by atoms with E-state index >= 15 is 0 Å². The van der Waals surface area contributed by atoms with Crippen LogP contribution in [0.15, 0.2) is 0 Å². The lowest BCUT2D eigenvalue weighted by Gasteiger charge is -2.30. The van der Waals surface area contributed by atoms with Crippen LogP contribution in [0.1, 0.15) is 25.7 Å². The Morgan fingerprint density at radius 1 is 1.00 bits per heavy atom. The van der Waals surface area contributed by atoms with E-state index in [2.05, 4.69) is 4.90 Å². The smallest absolute Gasteiger partial charge is 0.154 e. The highest BCUT2D eigenvalue weighted by Gasteiger charge is 2.42. The van der Waals surface area contributed by atoms with Crippen LogP contribution in [0.25, 0.3) is 0 Å². The number of nitrogens with zero attached hydrogens (tertiary/aromatic N) is 1. The number of hydrogen-bond donors (Lipinski definition) is 1. The van der Waals surface area contributed by atoms with E-state index < -0.39 is 15.9 Å². The fourth-order valence-corrected chi connectivity index (χ4v) is 4.60. The molecule has 0 spiro atoms. The predicted molar refractivity (Wildman–Crippen MR) is 65.5 cm³/mol. The van der Waals surface area contributed by atoms with Gasteiger partial charge in [0.2, 0.25) is 0 Å². The van der Waals surface area contributed by atoms with Crippen LogP contribution in [0.5, 0.6) is 0 Å². The van der Waals surface area contributed by atoms with Crippen molar-refractivity contribution < 1.29 is 13.5 Å². The maximum Gasteiger partial charge on any atom is 0.154 e. The summed E-state index contributed by atoms with van der Waals surface area (Å²) in [5.41, 5.74) is 0. The molecule has 1 aliphatic heterocycles. The lowest BCUT2D eigenvalue weighted by molar-refractivity contribution is 0.0767. The Morgan fingerprint density at radius 3 is 1.88 bits per heavy atom. The van der Waals surface area contributed by atoms with Gasteiger partial charge in [-0.15, -0.1) is 0 Å². The van der Waals surface area contributed by atoms with Crippen molar-refractivity contribution in [3.05, 3.63) is 0 Å². The average molecular weight is 259 g/mol. The third kappa shape index (κ3) is 3.01. The van der Waals surface area contributed by atoms with Gasteiger partial charge in [0.05, 0.1) is 23.7 Å². The SMILES string of the molecule is O=S1(=O)CC(O)C(N(CC2CC2)CC2CC2)C1. The first-order valence-electron chi connectivity index (χ1n) is 6.66. The predicted octanol–water partition coefficient (Wildman–Crippen LogP) is 0.266. The summed E-state index contributed by atoms with van der Waals surface area (Å²) in [4.78, 5) is 2.27. The Hall–Kier alpha value is -0.130. The zero-order chi connectivity index (χ0) is 12.0. The van der Waals surface area contributed by atoms with Crippen molar-refractivity contribution in [3.8, 4) is 0 Å². The van der Waals surface area contributed by atoms with Gasteiger partial charge in [0.15, 0.2) is 9.84 Å². The number of rotatable bonds is 5. The molecule has 1 N–H and O–H groups in total. The Balaban J connectivity index is 1.67. The van der Waals surface area contributed by atoms with Crippen LogP contribution in [0.4, 0.5) is 0 Å². The van der Waals surface area contributed by atoms with Gasteiger partial charge >= 0.3 is 0 Å². The summed E-state index contributed by atoms with van der Waals surface area (Å²) in [5.74, 6) is 1.63. The standard InChI is InChI=1S/C12H21NO3S/c14-12-8-17(15,16)7-11(12)13(5-9-1-2-9)6-10-3-4-10/h9-12,14H,1-8H2. The van der Waals surface area contributed by atoms with Gasteiger partial charge < -0.3 is 5.11 Å². The monoisotopic (exact) mass is 259 g/mol. The topological polar surface area (TPSA) is 57.6 Å². The van der Waals surface area contributed by atoms with Crippen molar-refractivity contribution in [2.24, 2.45) is 11.8 Å². The molecule has 2 atom stereocenters. The van der Waals surface area contributed by atoms with Crippen molar-refractivity contribution in [1.82, 2.24) is 4.90 Å². The molecule has 0 amide bonds. The molecule has 5 heteroatoms. The van der Waals surface area contributed by atoms with E-state index in [1.54, 1.807) is 0 Å². The molecule has 1 saturated heterocycles. The molecule has 2 unspecified atom stereocenters. The molecule has 3 aliphatic rings. The highest BCUT2D eigenvalue weighted by Crippen LogP contribution is 2.35. The van der Waals surface area contributed by atoms with Crippen LogP contribution in [0, 0.1) is 11.8 Å². The molecule has 0 aromatic rings. The van der Waals surface area contributed by atoms with Crippen LogP contribution in [-0.4, -0.2) is 55.2 Å². The van der Waals surface area contributed by atoms with Crippen LogP contribution < -0.4 is 0 Å². The van der Waals surface area contributed by atoms with Gasteiger partial charge in [-0.1, -0.05) is 0 Å². The fraction of sp³-hybridized carbons (Fsp3) is 1.00. The molecular formula is C12H21NO3S. The minimum atomic E-state index is -3.01. The molecule has 0 aromatic heterocycles. The van der Waals surface area contributed by atoms with Crippen LogP contribution in [-0.2, 0) is 9.84 Å². The zero-order valence-corrected chi connectivity index (χ0v) is 10.9. The second-order valence-electron chi connectivity index (χ2n) is 6.05. The normalized spacial score (nSPS) is 36.6. The molecule has 98 valence electrons. The molecule has 3 rings (SSSR count). The summed E-state index contributed by atoms with van der Waals surface area (Å²) in [6, 6.07) is -0.138. The Kier molecular flexibility index (Phi) is 2.96. The van der Waals surface area contributed by atoms with Gasteiger partial charge in [0, 0.05) is 13.1 Å². The Morgan fingerprint density at radius 2 is 1.53 bits per heavy atom. The summed E-state index contributed by atoms with van der Waals surface area (Å²) >= 11 is 0. The first-order chi connectivity index (χ1) is 8.03. The average Bonchev–Trinajstić information content (AvgIpc) is 3.08. The first-order valence-corrected chi connectivity index (χ1v) is 8.48. The Labute approximate surface area is 103 Å². The van der Waals surface area contributed by atoms with Crippen molar-refractivity contribution in [3.63, 3.8) is 0 Å². The Bertz CT molecular complexity index is 373. The zero-order valence-electron chi connectivity index (χ0n) is 10.1. The molecule has 3 fully saturated rings. The molecule has 0 aromatic carbocycles. The highest BCUT2D eigenvalue weighted by atomic mass is 32.2. The summed E-state index contributed by atoms with van der Waals surface area (Å²) in [6.45, 7) is 1.99. The molecule has 4 nitrogen and oxygen atoms in total. The van der Waals surface area contributed by atoms with Crippen LogP contribution in [0.3, 0.4) is 0 Å². The fourth-order valence-electron chi connectivity index (χ4n) is 2.77. The molecule has 17 heavy (non-hydrogen) atoms. The second kappa shape index (κ2) is 4.21. The van der Waals surface area contributed by atoms with E-state index in [0.717, 1.165) is 24.9 Å². The first kappa shape index (κ1) is 11.9. The van der Waals surface area contributed by atoms with Crippen LogP contribution >= 0.6 is 0 Å². The van der Waals surface area contributed by atoms with Gasteiger partial charge in [-0.05, 0) is 37.5 Å². The molecule has 0 bridgehead atoms. The highest BCUT2D eigenvalue weighted by molar-refractivity contribution is 7.91. The van der Waals surface area contributed by atoms with Gasteiger partial charge in [0.1, 0.15) is 0 Å². The van der Waals surface area contributed by atoms with Crippen LogP contribution in [0.2, 0.25) is 0 Å². The van der Waals surface area contributed by atoms with E-state index in [-0.39, 0.29) is 17.5 Å². The van der Waals surface area contributed by atoms with Gasteiger partial charge in [-0.2, -0.15) is 0 Å². The summed E-state index contributed by atoms with van der Waals surface area (Å²) in [5, 5.41) is 9.94. The second-order valence-corrected chi connectivity index (χ2v) is 8.21. The molecule has 0 radical (unpaired) electrons. The van der Waals surface area contributed by atoms with Crippen molar-refractivity contribution in [2.45, 2.75) is 37.8 Å². The van der Waals surface area contributed by atoms with Crippen molar-refractivity contribution in [1.29, 1.82) is 0 Å². The number of aliphatic hydroxyl groups excluding tert-OH is 1. The van der Waals surface area contributed by atoms with Gasteiger partial charge in [-0.25, -0.2) is 8.42 Å². The maximum absolute atomic E-state index is 11.6. The van der Waals surface area contributed by atoms with Gasteiger partial charge in [0.25, 0.3) is 0 Å². The number of aliphatic hydroxyl groups is 1. The quantitative estimate of drug-likeness (QED) is 0.770. The molecule has 2 aliphatic carbocycles. The van der Waals surface area contributed by atoms with E-state index in [1.807, 2.05) is 0 Å². The summed E-state index contributed by atoms with van der Waals surface area (Å²) < 4.78 is 23.1. The number of sulfone groups is 1. The van der Waals surface area contributed by atoms with E-state index in [9.17, 15) is 13.5 Å². The lowest BCUT2D eigenvalue weighted by atomic mass is 10.1. The summed E-state index contributed by atoms with van der Waals surface area (Å²) in [7, 11) is -3.01. The molecule has 1 heterocycles. The minimum absolute atomic E-state index is 0.0382. The van der Waals surface area contributed by atoms with Crippen molar-refractivity contribution in [2.75, 3.05) is 24.6 Å². The van der Waals surface area contributed by atoms with E-state index in [1.165, 1.54) is 25.7 Å². The minimum Gasteiger partial charge on any atom is -0.390 e. The van der Waals surface area contributed by atoms with Gasteiger partial charge in [-0.3, -0.25) is 4.90 Å².